The molecule has 0 saturated heterocycles. The number of rotatable bonds is 6. The second kappa shape index (κ2) is 7.94. The van der Waals surface area contributed by atoms with Crippen LogP contribution in [0.3, 0.4) is 0 Å². The van der Waals surface area contributed by atoms with E-state index in [9.17, 15) is 13.2 Å². The largest absolute Gasteiger partial charge is 0.573 e. The van der Waals surface area contributed by atoms with Crippen molar-refractivity contribution in [1.29, 1.82) is 0 Å². The predicted octanol–water partition coefficient (Wildman–Crippen LogP) is 4.73. The lowest BCUT2D eigenvalue weighted by molar-refractivity contribution is -0.274. The molecule has 4 nitrogen and oxygen atoms in total. The first-order chi connectivity index (χ1) is 11.3. The fourth-order valence-corrected chi connectivity index (χ4v) is 2.45. The van der Waals surface area contributed by atoms with Gasteiger partial charge in [-0.1, -0.05) is 29.3 Å². The molecular weight excluding hydrogens is 366 g/mol. The number of hydrazine groups is 1. The van der Waals surface area contributed by atoms with E-state index in [1.54, 1.807) is 25.2 Å². The number of nitrogens with one attached hydrogen (secondary N) is 3. The van der Waals surface area contributed by atoms with Gasteiger partial charge in [-0.05, 0) is 43.4 Å². The zero-order valence-electron chi connectivity index (χ0n) is 12.4. The molecule has 0 bridgehead atoms. The first kappa shape index (κ1) is 18.7. The van der Waals surface area contributed by atoms with Crippen LogP contribution in [-0.4, -0.2) is 13.4 Å². The molecule has 0 aliphatic rings. The average molecular weight is 380 g/mol. The number of alkyl halides is 3. The van der Waals surface area contributed by atoms with Crippen molar-refractivity contribution >= 4 is 28.9 Å². The lowest BCUT2D eigenvalue weighted by Crippen LogP contribution is -2.35. The highest BCUT2D eigenvalue weighted by Gasteiger charge is 2.30. The van der Waals surface area contributed by atoms with Gasteiger partial charge in [-0.25, -0.2) is 5.43 Å². The topological polar surface area (TPSA) is 45.3 Å². The van der Waals surface area contributed by atoms with Crippen molar-refractivity contribution in [3.8, 4) is 5.75 Å². The van der Waals surface area contributed by atoms with E-state index in [1.807, 2.05) is 0 Å². The Hall–Kier alpha value is -1.67. The summed E-state index contributed by atoms with van der Waals surface area (Å²) in [6.45, 7) is 0. The summed E-state index contributed by atoms with van der Waals surface area (Å²) >= 11 is 12.0. The molecule has 3 N–H and O–H groups in total. The summed E-state index contributed by atoms with van der Waals surface area (Å²) in [5, 5.41) is 4.01. The van der Waals surface area contributed by atoms with Gasteiger partial charge in [0.05, 0.1) is 0 Å². The molecule has 2 aromatic carbocycles. The Labute approximate surface area is 146 Å². The van der Waals surface area contributed by atoms with Crippen LogP contribution in [-0.2, 0) is 0 Å². The Morgan fingerprint density at radius 3 is 2.25 bits per heavy atom. The summed E-state index contributed by atoms with van der Waals surface area (Å²) in [7, 11) is 1.73. The summed E-state index contributed by atoms with van der Waals surface area (Å²) in [5.41, 5.74) is 7.17. The Kier molecular flexibility index (Phi) is 6.17. The fraction of sp³-hybridized carbons (Fsp3) is 0.200. The number of hydrogen-bond acceptors (Lipinski definition) is 4. The van der Waals surface area contributed by atoms with Gasteiger partial charge in [0.1, 0.15) is 11.9 Å². The van der Waals surface area contributed by atoms with Crippen molar-refractivity contribution in [3.63, 3.8) is 0 Å². The van der Waals surface area contributed by atoms with Gasteiger partial charge in [0.2, 0.25) is 0 Å². The minimum absolute atomic E-state index is 0.293. The third-order valence-electron chi connectivity index (χ3n) is 3.01. The average Bonchev–Trinajstić information content (AvgIpc) is 2.49. The van der Waals surface area contributed by atoms with Gasteiger partial charge >= 0.3 is 6.36 Å². The molecule has 0 amide bonds. The molecule has 0 aliphatic heterocycles. The summed E-state index contributed by atoms with van der Waals surface area (Å²) in [5.74, 6) is -0.293. The second-order valence-corrected chi connectivity index (χ2v) is 5.57. The van der Waals surface area contributed by atoms with Gasteiger partial charge in [-0.2, -0.15) is 0 Å². The van der Waals surface area contributed by atoms with Crippen LogP contribution in [0.4, 0.5) is 18.9 Å². The number of ether oxygens (including phenoxy) is 1. The fourth-order valence-electron chi connectivity index (χ4n) is 1.94. The van der Waals surface area contributed by atoms with Gasteiger partial charge in [0.25, 0.3) is 0 Å². The van der Waals surface area contributed by atoms with Crippen molar-refractivity contribution in [3.05, 3.63) is 58.1 Å². The van der Waals surface area contributed by atoms with Crippen LogP contribution in [0.25, 0.3) is 0 Å². The van der Waals surface area contributed by atoms with Crippen LogP contribution < -0.4 is 20.9 Å². The zero-order valence-corrected chi connectivity index (χ0v) is 13.9. The smallest absolute Gasteiger partial charge is 0.406 e. The van der Waals surface area contributed by atoms with Crippen molar-refractivity contribution in [2.75, 3.05) is 12.5 Å². The SMILES string of the molecule is CNC(NNc1ccc(OC(F)(F)F)cc1)c1ccc(Cl)cc1Cl. The van der Waals surface area contributed by atoms with Crippen LogP contribution >= 0.6 is 23.2 Å². The van der Waals surface area contributed by atoms with E-state index in [0.717, 1.165) is 5.56 Å². The molecule has 130 valence electrons. The van der Waals surface area contributed by atoms with Crippen molar-refractivity contribution in [2.24, 2.45) is 0 Å². The third-order valence-corrected chi connectivity index (χ3v) is 3.57. The molecule has 2 rings (SSSR count). The summed E-state index contributed by atoms with van der Waals surface area (Å²) in [6, 6.07) is 10.4. The van der Waals surface area contributed by atoms with Crippen LogP contribution in [0.5, 0.6) is 5.75 Å². The normalized spacial score (nSPS) is 12.8. The summed E-state index contributed by atoms with van der Waals surface area (Å²) in [6.07, 6.45) is -5.06. The highest BCUT2D eigenvalue weighted by molar-refractivity contribution is 6.35. The van der Waals surface area contributed by atoms with Crippen molar-refractivity contribution < 1.29 is 17.9 Å². The Bertz CT molecular complexity index is 681. The standard InChI is InChI=1S/C15H14Cl2F3N3O/c1-21-14(12-7-2-9(16)8-13(12)17)23-22-10-3-5-11(6-4-10)24-15(18,19)20/h2-8,14,21-23H,1H3. The Morgan fingerprint density at radius 2 is 1.71 bits per heavy atom. The highest BCUT2D eigenvalue weighted by atomic mass is 35.5. The molecule has 2 aromatic rings. The molecular formula is C15H14Cl2F3N3O. The minimum atomic E-state index is -4.71. The summed E-state index contributed by atoms with van der Waals surface area (Å²) in [4.78, 5) is 0. The van der Waals surface area contributed by atoms with Gasteiger partial charge < -0.3 is 10.2 Å². The molecule has 0 radical (unpaired) electrons. The lowest BCUT2D eigenvalue weighted by Gasteiger charge is -2.21. The molecule has 0 fully saturated rings. The molecule has 9 heteroatoms. The van der Waals surface area contributed by atoms with E-state index >= 15 is 0 Å². The minimum Gasteiger partial charge on any atom is -0.406 e. The number of hydrogen-bond donors (Lipinski definition) is 3. The lowest BCUT2D eigenvalue weighted by atomic mass is 10.2. The predicted molar refractivity (Wildman–Crippen MR) is 88.1 cm³/mol. The highest BCUT2D eigenvalue weighted by Crippen LogP contribution is 2.26. The molecule has 0 aromatic heterocycles. The van der Waals surface area contributed by atoms with E-state index in [0.29, 0.717) is 15.7 Å². The van der Waals surface area contributed by atoms with E-state index < -0.39 is 6.36 Å². The van der Waals surface area contributed by atoms with Gasteiger partial charge in [0, 0.05) is 21.3 Å². The maximum Gasteiger partial charge on any atom is 0.573 e. The van der Waals surface area contributed by atoms with E-state index in [4.69, 9.17) is 23.2 Å². The van der Waals surface area contributed by atoms with Crippen LogP contribution in [0, 0.1) is 0 Å². The first-order valence-corrected chi connectivity index (χ1v) is 7.53. The molecule has 0 saturated carbocycles. The Morgan fingerprint density at radius 1 is 1.04 bits per heavy atom. The van der Waals surface area contributed by atoms with E-state index in [-0.39, 0.29) is 11.9 Å². The number of anilines is 1. The van der Waals surface area contributed by atoms with E-state index in [1.165, 1.54) is 24.3 Å². The Balaban J connectivity index is 2.00. The molecule has 0 aliphatic carbocycles. The van der Waals surface area contributed by atoms with Crippen LogP contribution in [0.15, 0.2) is 42.5 Å². The molecule has 0 heterocycles. The monoisotopic (exact) mass is 379 g/mol. The van der Waals surface area contributed by atoms with Crippen LogP contribution in [0.1, 0.15) is 11.7 Å². The van der Waals surface area contributed by atoms with Crippen molar-refractivity contribution in [1.82, 2.24) is 10.7 Å². The van der Waals surface area contributed by atoms with Crippen molar-refractivity contribution in [2.45, 2.75) is 12.5 Å². The van der Waals surface area contributed by atoms with Crippen LogP contribution in [0.2, 0.25) is 10.0 Å². The number of benzene rings is 2. The van der Waals surface area contributed by atoms with Gasteiger partial charge in [-0.15, -0.1) is 13.2 Å². The third kappa shape index (κ3) is 5.45. The maximum absolute atomic E-state index is 12.1. The zero-order chi connectivity index (χ0) is 17.7. The summed E-state index contributed by atoms with van der Waals surface area (Å²) < 4.78 is 40.2. The number of halogens is 5. The molecule has 1 atom stereocenters. The van der Waals surface area contributed by atoms with E-state index in [2.05, 4.69) is 20.9 Å². The molecule has 1 unspecified atom stereocenters. The van der Waals surface area contributed by atoms with Gasteiger partial charge in [0.15, 0.2) is 0 Å². The second-order valence-electron chi connectivity index (χ2n) is 4.73. The quantitative estimate of drug-likeness (QED) is 0.501. The first-order valence-electron chi connectivity index (χ1n) is 6.78. The molecule has 24 heavy (non-hydrogen) atoms. The molecule has 0 spiro atoms. The van der Waals surface area contributed by atoms with Gasteiger partial charge in [-0.3, -0.25) is 5.32 Å². The maximum atomic E-state index is 12.1.